The van der Waals surface area contributed by atoms with Crippen molar-refractivity contribution in [2.75, 3.05) is 11.9 Å². The van der Waals surface area contributed by atoms with E-state index in [2.05, 4.69) is 60.0 Å². The molecule has 0 bridgehead atoms. The van der Waals surface area contributed by atoms with Gasteiger partial charge in [0.1, 0.15) is 11.1 Å². The van der Waals surface area contributed by atoms with Crippen LogP contribution in [-0.2, 0) is 4.79 Å². The minimum absolute atomic E-state index is 0.0241. The van der Waals surface area contributed by atoms with Crippen molar-refractivity contribution >= 4 is 22.2 Å². The van der Waals surface area contributed by atoms with Crippen LogP contribution in [0, 0.1) is 18.3 Å². The Balaban J connectivity index is 1.64. The molecule has 0 spiro atoms. The number of benzene rings is 2. The minimum atomic E-state index is -0.0998. The fourth-order valence-corrected chi connectivity index (χ4v) is 3.60. The second-order valence-electron chi connectivity index (χ2n) is 6.28. The molecule has 1 heterocycles. The largest absolute Gasteiger partial charge is 0.317 e. The van der Waals surface area contributed by atoms with Crippen LogP contribution in [0.3, 0.4) is 0 Å². The summed E-state index contributed by atoms with van der Waals surface area (Å²) in [4.78, 5) is 12.2. The van der Waals surface area contributed by atoms with Crippen LogP contribution in [-0.4, -0.2) is 12.5 Å². The van der Waals surface area contributed by atoms with Crippen LogP contribution >= 0.6 is 11.3 Å². The lowest BCUT2D eigenvalue weighted by molar-refractivity contribution is -0.116. The molecule has 0 aliphatic rings. The van der Waals surface area contributed by atoms with E-state index in [1.165, 1.54) is 16.9 Å². The summed E-state index contributed by atoms with van der Waals surface area (Å²) in [7, 11) is 0. The number of nitrogens with one attached hydrogen (secondary N) is 2. The molecule has 0 fully saturated rings. The fraction of sp³-hybridized carbons (Fsp3) is 0.182. The zero-order valence-electron chi connectivity index (χ0n) is 15.1. The minimum Gasteiger partial charge on any atom is -0.317 e. The number of nitrogens with zero attached hydrogens (tertiary/aromatic N) is 1. The lowest BCUT2D eigenvalue weighted by atomic mass is 9.98. The van der Waals surface area contributed by atoms with Gasteiger partial charge in [0.05, 0.1) is 11.6 Å². The fourth-order valence-electron chi connectivity index (χ4n) is 2.85. The van der Waals surface area contributed by atoms with Gasteiger partial charge in [0, 0.05) is 13.0 Å². The first kappa shape index (κ1) is 18.8. The number of hydrogen-bond donors (Lipinski definition) is 2. The predicted molar refractivity (Wildman–Crippen MR) is 110 cm³/mol. The van der Waals surface area contributed by atoms with Crippen molar-refractivity contribution in [3.8, 4) is 6.07 Å². The van der Waals surface area contributed by atoms with Crippen LogP contribution in [0.2, 0.25) is 0 Å². The number of anilines is 1. The smallest absolute Gasteiger partial charge is 0.226 e. The molecule has 0 radical (unpaired) electrons. The van der Waals surface area contributed by atoms with Crippen LogP contribution in [0.1, 0.15) is 34.7 Å². The highest BCUT2D eigenvalue weighted by Gasteiger charge is 2.14. The predicted octanol–water partition coefficient (Wildman–Crippen LogP) is 4.64. The monoisotopic (exact) mass is 375 g/mol. The maximum absolute atomic E-state index is 12.2. The van der Waals surface area contributed by atoms with Crippen LogP contribution in [0.25, 0.3) is 0 Å². The maximum Gasteiger partial charge on any atom is 0.226 e. The van der Waals surface area contributed by atoms with E-state index in [9.17, 15) is 4.79 Å². The van der Waals surface area contributed by atoms with Crippen molar-refractivity contribution in [1.29, 1.82) is 5.26 Å². The summed E-state index contributed by atoms with van der Waals surface area (Å²) in [5, 5.41) is 17.8. The lowest BCUT2D eigenvalue weighted by Crippen LogP contribution is -2.26. The average molecular weight is 375 g/mol. The highest BCUT2D eigenvalue weighted by atomic mass is 32.1. The summed E-state index contributed by atoms with van der Waals surface area (Å²) in [5.41, 5.74) is 4.04. The molecule has 0 saturated heterocycles. The molecule has 136 valence electrons. The van der Waals surface area contributed by atoms with Crippen LogP contribution in [0.5, 0.6) is 0 Å². The highest BCUT2D eigenvalue weighted by Crippen LogP contribution is 2.23. The zero-order valence-corrected chi connectivity index (χ0v) is 15.9. The molecule has 0 saturated carbocycles. The van der Waals surface area contributed by atoms with E-state index in [1.54, 1.807) is 11.4 Å². The third kappa shape index (κ3) is 5.04. The Bertz CT molecular complexity index is 926. The average Bonchev–Trinajstić information content (AvgIpc) is 3.14. The number of aryl methyl sites for hydroxylation is 1. The van der Waals surface area contributed by atoms with Gasteiger partial charge in [-0.05, 0) is 29.5 Å². The van der Waals surface area contributed by atoms with Crippen molar-refractivity contribution in [2.24, 2.45) is 0 Å². The standard InChI is InChI=1S/C22H21N3OS/c1-16-7-9-18(10-8-16)21(17-5-3-2-4-6-17)24-13-11-20(26)25-22-19(15-23)12-14-27-22/h2-10,12,14,21,24H,11,13H2,1H3,(H,25,26)/t21-/m1/s1. The lowest BCUT2D eigenvalue weighted by Gasteiger charge is -2.20. The molecular weight excluding hydrogens is 354 g/mol. The molecule has 3 aromatic rings. The number of rotatable bonds is 7. The summed E-state index contributed by atoms with van der Waals surface area (Å²) in [5.74, 6) is -0.0998. The Kier molecular flexibility index (Phi) is 6.37. The molecule has 27 heavy (non-hydrogen) atoms. The zero-order chi connectivity index (χ0) is 19.1. The first-order valence-electron chi connectivity index (χ1n) is 8.79. The Morgan fingerprint density at radius 1 is 1.07 bits per heavy atom. The molecule has 0 aliphatic heterocycles. The van der Waals surface area contributed by atoms with Crippen molar-refractivity contribution in [3.05, 3.63) is 88.3 Å². The molecule has 1 amide bonds. The van der Waals surface area contributed by atoms with E-state index in [4.69, 9.17) is 5.26 Å². The number of carbonyl (C=O) groups excluding carboxylic acids is 1. The first-order chi connectivity index (χ1) is 13.2. The summed E-state index contributed by atoms with van der Waals surface area (Å²) < 4.78 is 0. The van der Waals surface area contributed by atoms with Gasteiger partial charge in [0.25, 0.3) is 0 Å². The molecule has 3 rings (SSSR count). The van der Waals surface area contributed by atoms with Crippen LogP contribution < -0.4 is 10.6 Å². The van der Waals surface area contributed by atoms with Crippen LogP contribution in [0.15, 0.2) is 66.0 Å². The Morgan fingerprint density at radius 3 is 2.48 bits per heavy atom. The van der Waals surface area contributed by atoms with Gasteiger partial charge in [-0.2, -0.15) is 5.26 Å². The molecule has 2 N–H and O–H groups in total. The maximum atomic E-state index is 12.2. The van der Waals surface area contributed by atoms with Crippen molar-refractivity contribution in [1.82, 2.24) is 5.32 Å². The van der Waals surface area contributed by atoms with E-state index < -0.39 is 0 Å². The summed E-state index contributed by atoms with van der Waals surface area (Å²) >= 11 is 1.36. The SMILES string of the molecule is Cc1ccc([C@H](NCCC(=O)Nc2sccc2C#N)c2ccccc2)cc1. The van der Waals surface area contributed by atoms with Crippen LogP contribution in [0.4, 0.5) is 5.00 Å². The molecule has 1 aromatic heterocycles. The van der Waals surface area contributed by atoms with Gasteiger partial charge in [-0.25, -0.2) is 0 Å². The Labute approximate surface area is 163 Å². The van der Waals surface area contributed by atoms with Gasteiger partial charge in [0.2, 0.25) is 5.91 Å². The number of nitriles is 1. The third-order valence-corrected chi connectivity index (χ3v) is 5.11. The molecular formula is C22H21N3OS. The topological polar surface area (TPSA) is 64.9 Å². The quantitative estimate of drug-likeness (QED) is 0.632. The molecule has 1 atom stereocenters. The van der Waals surface area contributed by atoms with Gasteiger partial charge < -0.3 is 10.6 Å². The second-order valence-corrected chi connectivity index (χ2v) is 7.20. The van der Waals surface area contributed by atoms with E-state index in [0.717, 1.165) is 11.1 Å². The van der Waals surface area contributed by atoms with Gasteiger partial charge in [0.15, 0.2) is 0 Å². The first-order valence-corrected chi connectivity index (χ1v) is 9.67. The Morgan fingerprint density at radius 2 is 1.78 bits per heavy atom. The van der Waals surface area contributed by atoms with Crippen molar-refractivity contribution < 1.29 is 4.79 Å². The summed E-state index contributed by atoms with van der Waals surface area (Å²) in [6.07, 6.45) is 0.331. The van der Waals surface area contributed by atoms with E-state index in [-0.39, 0.29) is 11.9 Å². The number of carbonyl (C=O) groups is 1. The summed E-state index contributed by atoms with van der Waals surface area (Å²) in [6.45, 7) is 2.60. The van der Waals surface area contributed by atoms with Crippen molar-refractivity contribution in [3.63, 3.8) is 0 Å². The number of amides is 1. The second kappa shape index (κ2) is 9.13. The Hall–Kier alpha value is -2.94. The number of hydrogen-bond acceptors (Lipinski definition) is 4. The van der Waals surface area contributed by atoms with Crippen molar-refractivity contribution in [2.45, 2.75) is 19.4 Å². The normalized spacial score (nSPS) is 11.6. The molecule has 2 aromatic carbocycles. The van der Waals surface area contributed by atoms with E-state index in [1.807, 2.05) is 18.2 Å². The van der Waals surface area contributed by atoms with Gasteiger partial charge in [-0.3, -0.25) is 4.79 Å². The molecule has 0 unspecified atom stereocenters. The third-order valence-electron chi connectivity index (χ3n) is 4.28. The van der Waals surface area contributed by atoms with Gasteiger partial charge in [-0.1, -0.05) is 60.2 Å². The van der Waals surface area contributed by atoms with Gasteiger partial charge >= 0.3 is 0 Å². The van der Waals surface area contributed by atoms with E-state index >= 15 is 0 Å². The van der Waals surface area contributed by atoms with Gasteiger partial charge in [-0.15, -0.1) is 11.3 Å². The molecule has 0 aliphatic carbocycles. The number of thiophene rings is 1. The summed E-state index contributed by atoms with van der Waals surface area (Å²) in [6, 6.07) is 22.4. The highest BCUT2D eigenvalue weighted by molar-refractivity contribution is 7.14. The molecule has 5 heteroatoms. The molecule has 4 nitrogen and oxygen atoms in total. The van der Waals surface area contributed by atoms with E-state index in [0.29, 0.717) is 23.5 Å².